The third kappa shape index (κ3) is 3.66. The zero-order valence-corrected chi connectivity index (χ0v) is 13.7. The Morgan fingerprint density at radius 2 is 1.42 bits per heavy atom. The number of hydrogen-bond acceptors (Lipinski definition) is 6. The summed E-state index contributed by atoms with van der Waals surface area (Å²) in [6, 6.07) is 15.5. The highest BCUT2D eigenvalue weighted by molar-refractivity contribution is 9.10. The second-order valence-corrected chi connectivity index (χ2v) is 5.48. The van der Waals surface area contributed by atoms with Crippen LogP contribution in [0.25, 0.3) is 0 Å². The van der Waals surface area contributed by atoms with Crippen LogP contribution in [0.5, 0.6) is 23.3 Å². The average molecular weight is 388 g/mol. The van der Waals surface area contributed by atoms with E-state index in [9.17, 15) is 10.1 Å². The molecule has 0 saturated carbocycles. The van der Waals surface area contributed by atoms with Gasteiger partial charge in [-0.25, -0.2) is 0 Å². The fraction of sp³-hybridized carbons (Fsp3) is 0. The van der Waals surface area contributed by atoms with Crippen LogP contribution in [-0.4, -0.2) is 14.9 Å². The Labute approximate surface area is 145 Å². The summed E-state index contributed by atoms with van der Waals surface area (Å²) in [6.07, 6.45) is 1.15. The summed E-state index contributed by atoms with van der Waals surface area (Å²) in [7, 11) is 0. The van der Waals surface area contributed by atoms with E-state index in [0.717, 1.165) is 10.8 Å². The Balaban J connectivity index is 1.96. The van der Waals surface area contributed by atoms with Gasteiger partial charge in [-0.15, -0.1) is 0 Å². The average Bonchev–Trinajstić information content (AvgIpc) is 2.58. The number of rotatable bonds is 5. The van der Waals surface area contributed by atoms with Crippen molar-refractivity contribution in [2.24, 2.45) is 0 Å². The summed E-state index contributed by atoms with van der Waals surface area (Å²) >= 11 is 3.31. The summed E-state index contributed by atoms with van der Waals surface area (Å²) in [5.41, 5.74) is -0.440. The lowest BCUT2D eigenvalue weighted by atomic mass is 10.3. The molecule has 3 rings (SSSR count). The summed E-state index contributed by atoms with van der Waals surface area (Å²) in [4.78, 5) is 18.5. The number of halogens is 1. The van der Waals surface area contributed by atoms with Crippen molar-refractivity contribution in [3.8, 4) is 23.3 Å². The lowest BCUT2D eigenvalue weighted by Crippen LogP contribution is -2.01. The maximum atomic E-state index is 11.4. The van der Waals surface area contributed by atoms with Crippen LogP contribution < -0.4 is 9.47 Å². The number of para-hydroxylation sites is 1. The normalized spacial score (nSPS) is 10.2. The molecule has 120 valence electrons. The predicted octanol–water partition coefficient (Wildman–Crippen LogP) is 4.73. The SMILES string of the molecule is O=[N+]([O-])c1c(Oc2ccccc2)ncnc1Oc1ccc(Br)cc1. The van der Waals surface area contributed by atoms with Crippen molar-refractivity contribution < 1.29 is 14.4 Å². The van der Waals surface area contributed by atoms with E-state index < -0.39 is 10.6 Å². The van der Waals surface area contributed by atoms with E-state index in [4.69, 9.17) is 9.47 Å². The zero-order chi connectivity index (χ0) is 16.9. The first-order valence-corrected chi connectivity index (χ1v) is 7.58. The van der Waals surface area contributed by atoms with Crippen molar-refractivity contribution in [1.29, 1.82) is 0 Å². The van der Waals surface area contributed by atoms with Gasteiger partial charge in [-0.1, -0.05) is 34.1 Å². The van der Waals surface area contributed by atoms with Gasteiger partial charge in [0, 0.05) is 4.47 Å². The minimum absolute atomic E-state index is 0.187. The second kappa shape index (κ2) is 7.05. The Morgan fingerprint density at radius 1 is 0.875 bits per heavy atom. The molecule has 7 nitrogen and oxygen atoms in total. The maximum absolute atomic E-state index is 11.4. The molecule has 0 aliphatic heterocycles. The molecule has 0 fully saturated rings. The Morgan fingerprint density at radius 3 is 1.96 bits per heavy atom. The third-order valence-corrected chi connectivity index (χ3v) is 3.45. The van der Waals surface area contributed by atoms with Gasteiger partial charge in [-0.3, -0.25) is 10.1 Å². The van der Waals surface area contributed by atoms with Gasteiger partial charge in [-0.05, 0) is 36.4 Å². The molecule has 0 unspecified atom stereocenters. The molecule has 8 heteroatoms. The quantitative estimate of drug-likeness (QED) is 0.464. The topological polar surface area (TPSA) is 87.4 Å². The smallest absolute Gasteiger partial charge is 0.393 e. The van der Waals surface area contributed by atoms with Gasteiger partial charge >= 0.3 is 17.4 Å². The molecular formula is C16H10BrN3O4. The Bertz CT molecular complexity index is 857. The minimum atomic E-state index is -0.632. The molecule has 0 bridgehead atoms. The van der Waals surface area contributed by atoms with Gasteiger partial charge in [-0.2, -0.15) is 9.97 Å². The molecule has 0 radical (unpaired) electrons. The molecule has 0 saturated heterocycles. The molecule has 0 atom stereocenters. The van der Waals surface area contributed by atoms with Crippen molar-refractivity contribution in [3.05, 3.63) is 75.5 Å². The molecular weight excluding hydrogens is 378 g/mol. The molecule has 2 aromatic carbocycles. The van der Waals surface area contributed by atoms with Crippen molar-refractivity contribution >= 4 is 21.6 Å². The van der Waals surface area contributed by atoms with E-state index in [1.54, 1.807) is 48.5 Å². The first kappa shape index (κ1) is 15.9. The van der Waals surface area contributed by atoms with E-state index in [2.05, 4.69) is 25.9 Å². The molecule has 1 heterocycles. The van der Waals surface area contributed by atoms with Gasteiger partial charge in [0.05, 0.1) is 4.92 Å². The highest BCUT2D eigenvalue weighted by Crippen LogP contribution is 2.37. The van der Waals surface area contributed by atoms with Crippen LogP contribution in [0.2, 0.25) is 0 Å². The van der Waals surface area contributed by atoms with Crippen molar-refractivity contribution in [1.82, 2.24) is 9.97 Å². The lowest BCUT2D eigenvalue weighted by molar-refractivity contribution is -0.387. The van der Waals surface area contributed by atoms with Crippen molar-refractivity contribution in [2.45, 2.75) is 0 Å². The van der Waals surface area contributed by atoms with Crippen molar-refractivity contribution in [2.75, 3.05) is 0 Å². The van der Waals surface area contributed by atoms with Crippen LogP contribution in [0.1, 0.15) is 0 Å². The fourth-order valence-corrected chi connectivity index (χ4v) is 2.13. The molecule has 0 aliphatic rings. The van der Waals surface area contributed by atoms with Crippen LogP contribution in [0.15, 0.2) is 65.4 Å². The predicted molar refractivity (Wildman–Crippen MR) is 89.4 cm³/mol. The van der Waals surface area contributed by atoms with Gasteiger partial charge in [0.2, 0.25) is 0 Å². The van der Waals surface area contributed by atoms with Crippen LogP contribution in [-0.2, 0) is 0 Å². The maximum Gasteiger partial charge on any atom is 0.393 e. The van der Waals surface area contributed by atoms with Crippen molar-refractivity contribution in [3.63, 3.8) is 0 Å². The van der Waals surface area contributed by atoms with Gasteiger partial charge in [0.1, 0.15) is 17.8 Å². The van der Waals surface area contributed by atoms with Crippen LogP contribution in [0, 0.1) is 10.1 Å². The Kier molecular flexibility index (Phi) is 4.66. The Hall–Kier alpha value is -3.00. The molecule has 1 aromatic heterocycles. The molecule has 0 aliphatic carbocycles. The standard InChI is InChI=1S/C16H10BrN3O4/c17-11-6-8-13(9-7-11)24-16-14(20(21)22)15(18-10-19-16)23-12-4-2-1-3-5-12/h1-10H. The molecule has 0 amide bonds. The summed E-state index contributed by atoms with van der Waals surface area (Å²) in [6.45, 7) is 0. The number of benzene rings is 2. The molecule has 0 N–H and O–H groups in total. The van der Waals surface area contributed by atoms with E-state index in [-0.39, 0.29) is 11.8 Å². The second-order valence-electron chi connectivity index (χ2n) is 4.56. The number of ether oxygens (including phenoxy) is 2. The van der Waals surface area contributed by atoms with Crippen LogP contribution >= 0.6 is 15.9 Å². The molecule has 3 aromatic rings. The highest BCUT2D eigenvalue weighted by Gasteiger charge is 2.27. The summed E-state index contributed by atoms with van der Waals surface area (Å²) in [5, 5.41) is 11.4. The summed E-state index contributed by atoms with van der Waals surface area (Å²) in [5.74, 6) is 0.455. The third-order valence-electron chi connectivity index (χ3n) is 2.92. The van der Waals surface area contributed by atoms with E-state index in [1.165, 1.54) is 0 Å². The number of hydrogen-bond donors (Lipinski definition) is 0. The van der Waals surface area contributed by atoms with Crippen LogP contribution in [0.4, 0.5) is 5.69 Å². The van der Waals surface area contributed by atoms with Crippen LogP contribution in [0.3, 0.4) is 0 Å². The fourth-order valence-electron chi connectivity index (χ4n) is 1.87. The van der Waals surface area contributed by atoms with Gasteiger partial charge in [0.25, 0.3) is 0 Å². The minimum Gasteiger partial charge on any atom is -0.433 e. The summed E-state index contributed by atoms with van der Waals surface area (Å²) < 4.78 is 11.9. The zero-order valence-electron chi connectivity index (χ0n) is 12.1. The van der Waals surface area contributed by atoms with Gasteiger partial charge in [0.15, 0.2) is 0 Å². The molecule has 0 spiro atoms. The first-order valence-electron chi connectivity index (χ1n) is 6.79. The number of nitro groups is 1. The largest absolute Gasteiger partial charge is 0.433 e. The number of nitrogens with zero attached hydrogens (tertiary/aromatic N) is 3. The van der Waals surface area contributed by atoms with E-state index >= 15 is 0 Å². The highest BCUT2D eigenvalue weighted by atomic mass is 79.9. The molecule has 24 heavy (non-hydrogen) atoms. The monoisotopic (exact) mass is 387 g/mol. The van der Waals surface area contributed by atoms with E-state index in [0.29, 0.717) is 11.5 Å². The van der Waals surface area contributed by atoms with Gasteiger partial charge < -0.3 is 9.47 Å². The first-order chi connectivity index (χ1) is 11.6. The van der Waals surface area contributed by atoms with E-state index in [1.807, 2.05) is 6.07 Å². The lowest BCUT2D eigenvalue weighted by Gasteiger charge is -2.08. The number of aromatic nitrogens is 2.